The highest BCUT2D eigenvalue weighted by Gasteiger charge is 2.29. The fraction of sp³-hybridized carbons (Fsp3) is 0.609. The number of benzene rings is 1. The molecule has 0 unspecified atom stereocenters. The first-order valence-electron chi connectivity index (χ1n) is 11.2. The third-order valence-corrected chi connectivity index (χ3v) is 6.68. The zero-order valence-corrected chi connectivity index (χ0v) is 18.0. The number of hydrogen-bond acceptors (Lipinski definition) is 4. The van der Waals surface area contributed by atoms with E-state index in [9.17, 15) is 9.18 Å². The van der Waals surface area contributed by atoms with Crippen LogP contribution in [0.15, 0.2) is 24.3 Å². The van der Waals surface area contributed by atoms with Crippen LogP contribution >= 0.6 is 0 Å². The third-order valence-electron chi connectivity index (χ3n) is 6.68. The molecule has 7 heteroatoms. The molecule has 1 N–H and O–H groups in total. The molecule has 1 aromatic heterocycles. The van der Waals surface area contributed by atoms with Crippen molar-refractivity contribution in [1.82, 2.24) is 25.0 Å². The molecule has 6 nitrogen and oxygen atoms in total. The first kappa shape index (κ1) is 21.0. The Kier molecular flexibility index (Phi) is 6.46. The van der Waals surface area contributed by atoms with E-state index in [1.165, 1.54) is 12.1 Å². The van der Waals surface area contributed by atoms with Gasteiger partial charge in [-0.3, -0.25) is 9.89 Å². The summed E-state index contributed by atoms with van der Waals surface area (Å²) in [7, 11) is 0. The van der Waals surface area contributed by atoms with Crippen LogP contribution in [-0.4, -0.2) is 63.1 Å². The number of amides is 1. The Morgan fingerprint density at radius 2 is 1.77 bits per heavy atom. The molecule has 0 saturated carbocycles. The number of carbonyl (C=O) groups is 1. The fourth-order valence-electron chi connectivity index (χ4n) is 4.64. The molecule has 3 heterocycles. The zero-order valence-electron chi connectivity index (χ0n) is 18.0. The summed E-state index contributed by atoms with van der Waals surface area (Å²) in [6, 6.07) is 6.81. The van der Waals surface area contributed by atoms with Crippen LogP contribution in [0.2, 0.25) is 0 Å². The third kappa shape index (κ3) is 4.89. The molecule has 0 aliphatic carbocycles. The normalized spacial score (nSPS) is 19.5. The zero-order chi connectivity index (χ0) is 21.1. The van der Waals surface area contributed by atoms with Gasteiger partial charge >= 0.3 is 0 Å². The Morgan fingerprint density at radius 3 is 2.40 bits per heavy atom. The molecule has 4 rings (SSSR count). The molecule has 1 amide bonds. The van der Waals surface area contributed by atoms with E-state index in [-0.39, 0.29) is 11.7 Å². The molecule has 0 spiro atoms. The van der Waals surface area contributed by atoms with Crippen LogP contribution in [0.5, 0.6) is 0 Å². The second kappa shape index (κ2) is 9.25. The minimum absolute atomic E-state index is 0.267. The van der Waals surface area contributed by atoms with Crippen LogP contribution < -0.4 is 0 Å². The van der Waals surface area contributed by atoms with Crippen molar-refractivity contribution in [2.75, 3.05) is 26.2 Å². The lowest BCUT2D eigenvalue weighted by Gasteiger charge is -2.36. The highest BCUT2D eigenvalue weighted by Crippen LogP contribution is 2.29. The molecular formula is C23H32FN5O. The van der Waals surface area contributed by atoms with Gasteiger partial charge in [-0.25, -0.2) is 9.37 Å². The number of nitrogens with zero attached hydrogens (tertiary/aromatic N) is 4. The molecule has 2 aliphatic rings. The monoisotopic (exact) mass is 413 g/mol. The van der Waals surface area contributed by atoms with Gasteiger partial charge in [-0.05, 0) is 82.8 Å². The highest BCUT2D eigenvalue weighted by molar-refractivity contribution is 5.76. The van der Waals surface area contributed by atoms with Gasteiger partial charge in [0.05, 0.1) is 0 Å². The van der Waals surface area contributed by atoms with Crippen LogP contribution in [0.4, 0.5) is 4.39 Å². The number of hydrogen-bond donors (Lipinski definition) is 1. The molecule has 0 bridgehead atoms. The van der Waals surface area contributed by atoms with Crippen molar-refractivity contribution in [2.45, 2.75) is 57.9 Å². The van der Waals surface area contributed by atoms with Crippen molar-refractivity contribution < 1.29 is 9.18 Å². The van der Waals surface area contributed by atoms with Gasteiger partial charge < -0.3 is 9.80 Å². The molecule has 2 saturated heterocycles. The maximum Gasteiger partial charge on any atom is 0.222 e. The summed E-state index contributed by atoms with van der Waals surface area (Å²) in [4.78, 5) is 21.9. The molecule has 0 atom stereocenters. The van der Waals surface area contributed by atoms with Crippen molar-refractivity contribution in [3.63, 3.8) is 0 Å². The summed E-state index contributed by atoms with van der Waals surface area (Å²) in [5, 5.41) is 7.35. The fourth-order valence-corrected chi connectivity index (χ4v) is 4.64. The van der Waals surface area contributed by atoms with Crippen molar-refractivity contribution in [1.29, 1.82) is 0 Å². The van der Waals surface area contributed by atoms with E-state index >= 15 is 0 Å². The molecule has 2 aromatic rings. The van der Waals surface area contributed by atoms with Gasteiger partial charge in [0.2, 0.25) is 5.91 Å². The summed E-state index contributed by atoms with van der Waals surface area (Å²) in [5.41, 5.74) is 0.801. The van der Waals surface area contributed by atoms with E-state index in [4.69, 9.17) is 0 Å². The number of likely N-dealkylation sites (tertiary alicyclic amines) is 2. The van der Waals surface area contributed by atoms with Gasteiger partial charge in [-0.15, -0.1) is 0 Å². The lowest BCUT2D eigenvalue weighted by Crippen LogP contribution is -2.42. The Morgan fingerprint density at radius 1 is 1.10 bits per heavy atom. The number of halogens is 1. The van der Waals surface area contributed by atoms with Crippen LogP contribution in [0.25, 0.3) is 11.4 Å². The SMILES string of the molecule is CC(C)N1CCC(CC(=O)N2CCC(c3nc(-c4ccc(F)cc4)n[nH]3)CC2)CC1. The number of aromatic nitrogens is 3. The number of aromatic amines is 1. The molecule has 2 aliphatic heterocycles. The first-order chi connectivity index (χ1) is 14.5. The van der Waals surface area contributed by atoms with E-state index < -0.39 is 0 Å². The number of rotatable bonds is 5. The number of H-pyrrole nitrogens is 1. The Labute approximate surface area is 177 Å². The summed E-state index contributed by atoms with van der Waals surface area (Å²) in [6.07, 6.45) is 4.74. The molecular weight excluding hydrogens is 381 g/mol. The molecule has 30 heavy (non-hydrogen) atoms. The topological polar surface area (TPSA) is 65.1 Å². The van der Waals surface area contributed by atoms with Crippen LogP contribution in [0, 0.1) is 11.7 Å². The standard InChI is InChI=1S/C23H32FN5O/c1-16(2)28-11-7-17(8-12-28)15-21(30)29-13-9-19(10-14-29)23-25-22(26-27-23)18-3-5-20(24)6-4-18/h3-6,16-17,19H,7-15H2,1-2H3,(H,25,26,27). The van der Waals surface area contributed by atoms with E-state index in [1.54, 1.807) is 12.1 Å². The molecule has 0 radical (unpaired) electrons. The van der Waals surface area contributed by atoms with Crippen molar-refractivity contribution >= 4 is 5.91 Å². The van der Waals surface area contributed by atoms with E-state index in [0.717, 1.165) is 63.3 Å². The van der Waals surface area contributed by atoms with Crippen LogP contribution in [0.3, 0.4) is 0 Å². The summed E-state index contributed by atoms with van der Waals surface area (Å²) in [6.45, 7) is 8.26. The first-order valence-corrected chi connectivity index (χ1v) is 11.2. The van der Waals surface area contributed by atoms with Gasteiger partial charge in [0.1, 0.15) is 11.6 Å². The van der Waals surface area contributed by atoms with Crippen LogP contribution in [-0.2, 0) is 4.79 Å². The van der Waals surface area contributed by atoms with E-state index in [2.05, 4.69) is 33.9 Å². The van der Waals surface area contributed by atoms with Crippen LogP contribution in [0.1, 0.15) is 57.7 Å². The van der Waals surface area contributed by atoms with Crippen molar-refractivity contribution in [2.24, 2.45) is 5.92 Å². The van der Waals surface area contributed by atoms with Crippen molar-refractivity contribution in [3.05, 3.63) is 35.9 Å². The average molecular weight is 414 g/mol. The number of piperidine rings is 2. The van der Waals surface area contributed by atoms with Gasteiger partial charge in [-0.1, -0.05) is 0 Å². The minimum Gasteiger partial charge on any atom is -0.343 e. The summed E-state index contributed by atoms with van der Waals surface area (Å²) in [5.74, 6) is 2.31. The lowest BCUT2D eigenvalue weighted by molar-refractivity contribution is -0.133. The molecule has 1 aromatic carbocycles. The quantitative estimate of drug-likeness (QED) is 0.809. The predicted octanol–water partition coefficient (Wildman–Crippen LogP) is 3.83. The minimum atomic E-state index is -0.267. The Balaban J connectivity index is 1.26. The van der Waals surface area contributed by atoms with Gasteiger partial charge in [0.25, 0.3) is 0 Å². The Bertz CT molecular complexity index is 834. The van der Waals surface area contributed by atoms with Gasteiger partial charge in [0, 0.05) is 37.0 Å². The number of carbonyl (C=O) groups excluding carboxylic acids is 1. The second-order valence-corrected chi connectivity index (χ2v) is 8.98. The highest BCUT2D eigenvalue weighted by atomic mass is 19.1. The van der Waals surface area contributed by atoms with E-state index in [0.29, 0.717) is 30.1 Å². The lowest BCUT2D eigenvalue weighted by atomic mass is 9.91. The van der Waals surface area contributed by atoms with Crippen molar-refractivity contribution in [3.8, 4) is 11.4 Å². The maximum atomic E-state index is 13.1. The predicted molar refractivity (Wildman–Crippen MR) is 114 cm³/mol. The summed E-state index contributed by atoms with van der Waals surface area (Å²) < 4.78 is 13.1. The largest absolute Gasteiger partial charge is 0.343 e. The van der Waals surface area contributed by atoms with Gasteiger partial charge in [0.15, 0.2) is 5.82 Å². The average Bonchev–Trinajstić information content (AvgIpc) is 3.25. The van der Waals surface area contributed by atoms with E-state index in [1.807, 2.05) is 4.90 Å². The second-order valence-electron chi connectivity index (χ2n) is 8.98. The maximum absolute atomic E-state index is 13.1. The molecule has 162 valence electrons. The smallest absolute Gasteiger partial charge is 0.222 e. The van der Waals surface area contributed by atoms with Gasteiger partial charge in [-0.2, -0.15) is 5.10 Å². The number of nitrogens with one attached hydrogen (secondary N) is 1. The summed E-state index contributed by atoms with van der Waals surface area (Å²) >= 11 is 0. The molecule has 2 fully saturated rings. The Hall–Kier alpha value is -2.28.